The van der Waals surface area contributed by atoms with Crippen LogP contribution >= 0.6 is 12.2 Å². The molecule has 1 aromatic rings. The highest BCUT2D eigenvalue weighted by atomic mass is 32.2. The molecule has 1 aromatic heterocycles. The Morgan fingerprint density at radius 2 is 2.28 bits per heavy atom. The van der Waals surface area contributed by atoms with E-state index in [2.05, 4.69) is 21.9 Å². The lowest BCUT2D eigenvalue weighted by atomic mass is 10.4. The highest BCUT2D eigenvalue weighted by Gasteiger charge is 2.18. The van der Waals surface area contributed by atoms with E-state index in [4.69, 9.17) is 5.73 Å². The fourth-order valence-corrected chi connectivity index (χ4v) is 2.60. The lowest BCUT2D eigenvalue weighted by molar-refractivity contribution is 0.579. The summed E-state index contributed by atoms with van der Waals surface area (Å²) in [4.78, 5) is 4.33. The summed E-state index contributed by atoms with van der Waals surface area (Å²) >= 11 is 4.68. The van der Waals surface area contributed by atoms with Crippen molar-refractivity contribution >= 4 is 27.2 Å². The molecule has 1 rings (SSSR count). The SMILES string of the molecule is CCCn1cc(S(=O)(=O)NCCC(N)=S)nc1C. The minimum Gasteiger partial charge on any atom is -0.393 e. The average Bonchev–Trinajstić information content (AvgIpc) is 2.61. The Bertz CT molecular complexity index is 522. The molecule has 0 aliphatic carbocycles. The number of hydrogen-bond acceptors (Lipinski definition) is 4. The standard InChI is InChI=1S/C10H18N4O2S2/c1-3-6-14-7-10(13-8(14)2)18(15,16)12-5-4-9(11)17/h7,12H,3-6H2,1-2H3,(H2,11,17). The van der Waals surface area contributed by atoms with E-state index in [9.17, 15) is 8.42 Å². The first-order valence-corrected chi connectivity index (χ1v) is 7.57. The molecule has 0 bridgehead atoms. The predicted molar refractivity (Wildman–Crippen MR) is 73.8 cm³/mol. The summed E-state index contributed by atoms with van der Waals surface area (Å²) in [6.07, 6.45) is 2.80. The molecule has 0 atom stereocenters. The molecule has 0 saturated heterocycles. The largest absolute Gasteiger partial charge is 0.393 e. The minimum absolute atomic E-state index is 0.0383. The number of nitrogens with one attached hydrogen (secondary N) is 1. The molecule has 0 unspecified atom stereocenters. The number of imidazole rings is 1. The third-order valence-corrected chi connectivity index (χ3v) is 3.89. The van der Waals surface area contributed by atoms with E-state index in [1.54, 1.807) is 13.1 Å². The van der Waals surface area contributed by atoms with Gasteiger partial charge in [0.15, 0.2) is 5.03 Å². The maximum atomic E-state index is 11.9. The zero-order valence-corrected chi connectivity index (χ0v) is 12.1. The van der Waals surface area contributed by atoms with Crippen LogP contribution in [-0.2, 0) is 16.6 Å². The predicted octanol–water partition coefficient (Wildman–Crippen LogP) is 0.556. The molecule has 0 saturated carbocycles. The van der Waals surface area contributed by atoms with Crippen molar-refractivity contribution in [2.24, 2.45) is 5.73 Å². The molecule has 0 aromatic carbocycles. The van der Waals surface area contributed by atoms with E-state index in [-0.39, 0.29) is 16.6 Å². The highest BCUT2D eigenvalue weighted by molar-refractivity contribution is 7.89. The van der Waals surface area contributed by atoms with Crippen molar-refractivity contribution in [1.82, 2.24) is 14.3 Å². The van der Waals surface area contributed by atoms with E-state index in [0.29, 0.717) is 12.2 Å². The average molecular weight is 290 g/mol. The molecular weight excluding hydrogens is 272 g/mol. The number of nitrogens with two attached hydrogens (primary N) is 1. The number of nitrogens with zero attached hydrogens (tertiary/aromatic N) is 2. The van der Waals surface area contributed by atoms with E-state index >= 15 is 0 Å². The summed E-state index contributed by atoms with van der Waals surface area (Å²) in [7, 11) is -3.57. The zero-order valence-electron chi connectivity index (χ0n) is 10.5. The first kappa shape index (κ1) is 15.1. The maximum absolute atomic E-state index is 11.9. The topological polar surface area (TPSA) is 90.0 Å². The molecule has 102 valence electrons. The summed E-state index contributed by atoms with van der Waals surface area (Å²) in [5, 5.41) is 0.0383. The monoisotopic (exact) mass is 290 g/mol. The summed E-state index contributed by atoms with van der Waals surface area (Å²) in [6, 6.07) is 0. The fraction of sp³-hybridized carbons (Fsp3) is 0.600. The molecule has 0 spiro atoms. The van der Waals surface area contributed by atoms with E-state index in [1.165, 1.54) is 0 Å². The first-order valence-electron chi connectivity index (χ1n) is 5.68. The van der Waals surface area contributed by atoms with Gasteiger partial charge in [-0.15, -0.1) is 0 Å². The van der Waals surface area contributed by atoms with Crippen LogP contribution in [-0.4, -0.2) is 29.5 Å². The van der Waals surface area contributed by atoms with Crippen LogP contribution in [0.4, 0.5) is 0 Å². The number of thiocarbonyl (C=S) groups is 1. The molecule has 8 heteroatoms. The van der Waals surface area contributed by atoms with Gasteiger partial charge < -0.3 is 10.3 Å². The van der Waals surface area contributed by atoms with Gasteiger partial charge in [-0.05, 0) is 13.3 Å². The second-order valence-electron chi connectivity index (χ2n) is 3.93. The second-order valence-corrected chi connectivity index (χ2v) is 6.17. The maximum Gasteiger partial charge on any atom is 0.259 e. The lowest BCUT2D eigenvalue weighted by Crippen LogP contribution is -2.27. The normalized spacial score (nSPS) is 11.7. The van der Waals surface area contributed by atoms with E-state index < -0.39 is 10.0 Å². The van der Waals surface area contributed by atoms with Crippen molar-refractivity contribution in [3.8, 4) is 0 Å². The van der Waals surface area contributed by atoms with Crippen molar-refractivity contribution < 1.29 is 8.42 Å². The quantitative estimate of drug-likeness (QED) is 0.716. The first-order chi connectivity index (χ1) is 8.36. The molecule has 3 N–H and O–H groups in total. The summed E-state index contributed by atoms with van der Waals surface area (Å²) < 4.78 is 28.1. The van der Waals surface area contributed by atoms with Gasteiger partial charge in [0.2, 0.25) is 0 Å². The number of aromatic nitrogens is 2. The third-order valence-electron chi connectivity index (χ3n) is 2.36. The molecule has 0 aliphatic rings. The Hall–Kier alpha value is -0.990. The number of aryl methyl sites for hydroxylation is 2. The summed E-state index contributed by atoms with van der Waals surface area (Å²) in [5.41, 5.74) is 5.31. The molecule has 0 radical (unpaired) electrons. The third kappa shape index (κ3) is 4.04. The van der Waals surface area contributed by atoms with Gasteiger partial charge in [0, 0.05) is 25.7 Å². The molecule has 0 fully saturated rings. The van der Waals surface area contributed by atoms with Crippen LogP contribution in [0.2, 0.25) is 0 Å². The minimum atomic E-state index is -3.57. The number of hydrogen-bond donors (Lipinski definition) is 2. The zero-order chi connectivity index (χ0) is 13.8. The Morgan fingerprint density at radius 3 is 2.83 bits per heavy atom. The van der Waals surface area contributed by atoms with Crippen LogP contribution < -0.4 is 10.5 Å². The van der Waals surface area contributed by atoms with Crippen LogP contribution in [0.5, 0.6) is 0 Å². The van der Waals surface area contributed by atoms with Crippen molar-refractivity contribution in [1.29, 1.82) is 0 Å². The lowest BCUT2D eigenvalue weighted by Gasteiger charge is -2.02. The van der Waals surface area contributed by atoms with Gasteiger partial charge in [0.25, 0.3) is 10.0 Å². The van der Waals surface area contributed by atoms with Gasteiger partial charge in [-0.25, -0.2) is 18.1 Å². The van der Waals surface area contributed by atoms with Gasteiger partial charge in [-0.3, -0.25) is 0 Å². The molecule has 0 aliphatic heterocycles. The van der Waals surface area contributed by atoms with Crippen LogP contribution in [0.3, 0.4) is 0 Å². The summed E-state index contributed by atoms with van der Waals surface area (Å²) in [6.45, 7) is 4.75. The summed E-state index contributed by atoms with van der Waals surface area (Å²) in [5.74, 6) is 0.687. The smallest absolute Gasteiger partial charge is 0.259 e. The van der Waals surface area contributed by atoms with Gasteiger partial charge in [-0.1, -0.05) is 19.1 Å². The molecule has 18 heavy (non-hydrogen) atoms. The Kier molecular flexibility index (Phi) is 5.24. The van der Waals surface area contributed by atoms with Crippen molar-refractivity contribution in [3.05, 3.63) is 12.0 Å². The van der Waals surface area contributed by atoms with Crippen molar-refractivity contribution in [3.63, 3.8) is 0 Å². The van der Waals surface area contributed by atoms with Crippen molar-refractivity contribution in [2.75, 3.05) is 6.54 Å². The van der Waals surface area contributed by atoms with Gasteiger partial charge in [-0.2, -0.15) is 0 Å². The highest BCUT2D eigenvalue weighted by Crippen LogP contribution is 2.09. The van der Waals surface area contributed by atoms with Gasteiger partial charge >= 0.3 is 0 Å². The molecule has 1 heterocycles. The van der Waals surface area contributed by atoms with E-state index in [1.807, 2.05) is 11.5 Å². The Balaban J connectivity index is 2.78. The number of sulfonamides is 1. The Labute approximate surface area is 113 Å². The van der Waals surface area contributed by atoms with Gasteiger partial charge in [0.05, 0.1) is 4.99 Å². The van der Waals surface area contributed by atoms with Gasteiger partial charge in [0.1, 0.15) is 5.82 Å². The van der Waals surface area contributed by atoms with Crippen LogP contribution in [0, 0.1) is 6.92 Å². The van der Waals surface area contributed by atoms with Crippen LogP contribution in [0.15, 0.2) is 11.2 Å². The molecule has 0 amide bonds. The second kappa shape index (κ2) is 6.26. The van der Waals surface area contributed by atoms with Crippen LogP contribution in [0.1, 0.15) is 25.6 Å². The molecular formula is C10H18N4O2S2. The Morgan fingerprint density at radius 1 is 1.61 bits per heavy atom. The van der Waals surface area contributed by atoms with Crippen molar-refractivity contribution in [2.45, 2.75) is 38.3 Å². The molecule has 6 nitrogen and oxygen atoms in total. The van der Waals surface area contributed by atoms with E-state index in [0.717, 1.165) is 13.0 Å². The number of rotatable bonds is 7. The fourth-order valence-electron chi connectivity index (χ4n) is 1.46. The van der Waals surface area contributed by atoms with Crippen LogP contribution in [0.25, 0.3) is 0 Å².